The molecule has 1 amide bonds. The van der Waals surface area contributed by atoms with Crippen molar-refractivity contribution in [1.29, 1.82) is 0 Å². The van der Waals surface area contributed by atoms with Crippen molar-refractivity contribution in [3.05, 3.63) is 29.8 Å². The zero-order valence-electron chi connectivity index (χ0n) is 11.5. The van der Waals surface area contributed by atoms with Crippen molar-refractivity contribution >= 4 is 5.91 Å². The van der Waals surface area contributed by atoms with Gasteiger partial charge in [0, 0.05) is 5.56 Å². The number of para-hydroxylation sites is 1. The third kappa shape index (κ3) is 3.26. The molecular weight excluding hydrogens is 242 g/mol. The predicted octanol–water partition coefficient (Wildman–Crippen LogP) is 1.51. The van der Waals surface area contributed by atoms with Gasteiger partial charge in [-0.1, -0.05) is 18.2 Å². The molecule has 1 saturated carbocycles. The highest BCUT2D eigenvalue weighted by Crippen LogP contribution is 2.39. The standard InChI is InChI=1S/C15H21NO3/c1-15(10-17,12-7-8-12)16-14(18)9-11-5-3-4-6-13(11)19-2/h3-6,12,17H,7-10H2,1-2H3,(H,16,18). The molecule has 0 aliphatic heterocycles. The molecule has 1 aliphatic rings. The number of hydrogen-bond donors (Lipinski definition) is 2. The minimum Gasteiger partial charge on any atom is -0.496 e. The molecule has 4 nitrogen and oxygen atoms in total. The van der Waals surface area contributed by atoms with Crippen LogP contribution >= 0.6 is 0 Å². The Labute approximate surface area is 113 Å². The number of amides is 1. The van der Waals surface area contributed by atoms with Crippen molar-refractivity contribution in [3.63, 3.8) is 0 Å². The highest BCUT2D eigenvalue weighted by Gasteiger charge is 2.42. The van der Waals surface area contributed by atoms with Crippen LogP contribution in [-0.4, -0.2) is 30.3 Å². The Morgan fingerprint density at radius 1 is 1.47 bits per heavy atom. The van der Waals surface area contributed by atoms with Crippen molar-refractivity contribution in [3.8, 4) is 5.75 Å². The Bertz CT molecular complexity index is 456. The third-order valence-electron chi connectivity index (χ3n) is 3.78. The van der Waals surface area contributed by atoms with Crippen LogP contribution in [0.3, 0.4) is 0 Å². The lowest BCUT2D eigenvalue weighted by Gasteiger charge is -2.28. The summed E-state index contributed by atoms with van der Waals surface area (Å²) in [6.45, 7) is 1.89. The SMILES string of the molecule is COc1ccccc1CC(=O)NC(C)(CO)C1CC1. The monoisotopic (exact) mass is 263 g/mol. The molecule has 19 heavy (non-hydrogen) atoms. The second-order valence-electron chi connectivity index (χ2n) is 5.39. The summed E-state index contributed by atoms with van der Waals surface area (Å²) in [4.78, 5) is 12.1. The van der Waals surface area contributed by atoms with E-state index in [2.05, 4.69) is 5.32 Å². The first-order valence-corrected chi connectivity index (χ1v) is 6.63. The Morgan fingerprint density at radius 3 is 2.74 bits per heavy atom. The first kappa shape index (κ1) is 13.9. The van der Waals surface area contributed by atoms with Gasteiger partial charge in [-0.25, -0.2) is 0 Å². The van der Waals surface area contributed by atoms with Gasteiger partial charge in [-0.2, -0.15) is 0 Å². The first-order chi connectivity index (χ1) is 9.09. The molecule has 2 N–H and O–H groups in total. The molecule has 0 spiro atoms. The number of aliphatic hydroxyl groups is 1. The van der Waals surface area contributed by atoms with E-state index in [9.17, 15) is 9.90 Å². The van der Waals surface area contributed by atoms with Crippen LogP contribution in [0.25, 0.3) is 0 Å². The maximum atomic E-state index is 12.1. The molecule has 1 fully saturated rings. The smallest absolute Gasteiger partial charge is 0.225 e. The van der Waals surface area contributed by atoms with Gasteiger partial charge in [-0.3, -0.25) is 4.79 Å². The number of nitrogens with one attached hydrogen (secondary N) is 1. The number of rotatable bonds is 6. The lowest BCUT2D eigenvalue weighted by molar-refractivity contribution is -0.123. The van der Waals surface area contributed by atoms with E-state index in [1.807, 2.05) is 31.2 Å². The summed E-state index contributed by atoms with van der Waals surface area (Å²) in [7, 11) is 1.60. The molecule has 1 atom stereocenters. The molecule has 0 radical (unpaired) electrons. The molecule has 1 aliphatic carbocycles. The van der Waals surface area contributed by atoms with Gasteiger partial charge in [0.2, 0.25) is 5.91 Å². The number of aliphatic hydroxyl groups excluding tert-OH is 1. The van der Waals surface area contributed by atoms with Crippen LogP contribution in [0.2, 0.25) is 0 Å². The summed E-state index contributed by atoms with van der Waals surface area (Å²) < 4.78 is 5.23. The van der Waals surface area contributed by atoms with E-state index >= 15 is 0 Å². The zero-order valence-corrected chi connectivity index (χ0v) is 11.5. The lowest BCUT2D eigenvalue weighted by Crippen LogP contribution is -2.51. The van der Waals surface area contributed by atoms with E-state index in [4.69, 9.17) is 4.74 Å². The maximum absolute atomic E-state index is 12.1. The summed E-state index contributed by atoms with van der Waals surface area (Å²) in [6, 6.07) is 7.49. The normalized spacial score (nSPS) is 17.6. The Morgan fingerprint density at radius 2 is 2.16 bits per heavy atom. The quantitative estimate of drug-likeness (QED) is 0.818. The third-order valence-corrected chi connectivity index (χ3v) is 3.78. The minimum atomic E-state index is -0.487. The van der Waals surface area contributed by atoms with Crippen LogP contribution in [0, 0.1) is 5.92 Å². The van der Waals surface area contributed by atoms with Crippen LogP contribution in [0.5, 0.6) is 5.75 Å². The van der Waals surface area contributed by atoms with E-state index in [0.29, 0.717) is 5.92 Å². The van der Waals surface area contributed by atoms with Crippen LogP contribution < -0.4 is 10.1 Å². The molecule has 104 valence electrons. The molecule has 0 saturated heterocycles. The maximum Gasteiger partial charge on any atom is 0.225 e. The van der Waals surface area contributed by atoms with Crippen molar-refractivity contribution in [2.45, 2.75) is 31.7 Å². The van der Waals surface area contributed by atoms with Gasteiger partial charge in [0.15, 0.2) is 0 Å². The van der Waals surface area contributed by atoms with Crippen LogP contribution in [0.15, 0.2) is 24.3 Å². The summed E-state index contributed by atoms with van der Waals surface area (Å²) in [6.07, 6.45) is 2.42. The largest absolute Gasteiger partial charge is 0.496 e. The van der Waals surface area contributed by atoms with Crippen molar-refractivity contribution in [1.82, 2.24) is 5.32 Å². The summed E-state index contributed by atoms with van der Waals surface area (Å²) >= 11 is 0. The van der Waals surface area contributed by atoms with Crippen molar-refractivity contribution in [2.75, 3.05) is 13.7 Å². The van der Waals surface area contributed by atoms with E-state index in [1.54, 1.807) is 7.11 Å². The second kappa shape index (κ2) is 5.61. The number of hydrogen-bond acceptors (Lipinski definition) is 3. The van der Waals surface area contributed by atoms with E-state index in [1.165, 1.54) is 0 Å². The average molecular weight is 263 g/mol. The van der Waals surface area contributed by atoms with E-state index < -0.39 is 5.54 Å². The average Bonchev–Trinajstić information content (AvgIpc) is 3.23. The van der Waals surface area contributed by atoms with Gasteiger partial charge in [0.05, 0.1) is 25.7 Å². The summed E-state index contributed by atoms with van der Waals surface area (Å²) in [5, 5.41) is 12.4. The molecule has 1 unspecified atom stereocenters. The van der Waals surface area contributed by atoms with Crippen molar-refractivity contribution in [2.24, 2.45) is 5.92 Å². The first-order valence-electron chi connectivity index (χ1n) is 6.63. The van der Waals surface area contributed by atoms with Crippen LogP contribution in [0.1, 0.15) is 25.3 Å². The molecule has 1 aromatic carbocycles. The fourth-order valence-corrected chi connectivity index (χ4v) is 2.38. The van der Waals surface area contributed by atoms with Crippen molar-refractivity contribution < 1.29 is 14.6 Å². The van der Waals surface area contributed by atoms with Gasteiger partial charge in [-0.15, -0.1) is 0 Å². The van der Waals surface area contributed by atoms with E-state index in [0.717, 1.165) is 24.2 Å². The number of carbonyl (C=O) groups is 1. The molecule has 0 heterocycles. The fourth-order valence-electron chi connectivity index (χ4n) is 2.38. The highest BCUT2D eigenvalue weighted by atomic mass is 16.5. The Balaban J connectivity index is 2.01. The molecule has 1 aromatic rings. The second-order valence-corrected chi connectivity index (χ2v) is 5.39. The molecule has 2 rings (SSSR count). The van der Waals surface area contributed by atoms with Gasteiger partial charge >= 0.3 is 0 Å². The van der Waals surface area contributed by atoms with Crippen LogP contribution in [-0.2, 0) is 11.2 Å². The molecular formula is C15H21NO3. The van der Waals surface area contributed by atoms with Gasteiger partial charge < -0.3 is 15.2 Å². The number of methoxy groups -OCH3 is 1. The number of ether oxygens (including phenoxy) is 1. The van der Waals surface area contributed by atoms with Gasteiger partial charge in [-0.05, 0) is 31.7 Å². The minimum absolute atomic E-state index is 0.0185. The number of benzene rings is 1. The molecule has 4 heteroatoms. The van der Waals surface area contributed by atoms with Gasteiger partial charge in [0.1, 0.15) is 5.75 Å². The van der Waals surface area contributed by atoms with E-state index in [-0.39, 0.29) is 18.9 Å². The Kier molecular flexibility index (Phi) is 4.10. The predicted molar refractivity (Wildman–Crippen MR) is 73.1 cm³/mol. The Hall–Kier alpha value is -1.55. The topological polar surface area (TPSA) is 58.6 Å². The molecule has 0 aromatic heterocycles. The molecule has 0 bridgehead atoms. The number of carbonyl (C=O) groups excluding carboxylic acids is 1. The highest BCUT2D eigenvalue weighted by molar-refractivity contribution is 5.80. The van der Waals surface area contributed by atoms with Gasteiger partial charge in [0.25, 0.3) is 0 Å². The van der Waals surface area contributed by atoms with Crippen LogP contribution in [0.4, 0.5) is 0 Å². The lowest BCUT2D eigenvalue weighted by atomic mass is 9.96. The zero-order chi connectivity index (χ0) is 13.9. The summed E-state index contributed by atoms with van der Waals surface area (Å²) in [5.41, 5.74) is 0.373. The fraction of sp³-hybridized carbons (Fsp3) is 0.533. The summed E-state index contributed by atoms with van der Waals surface area (Å²) in [5.74, 6) is 1.04.